The Labute approximate surface area is 105 Å². The lowest BCUT2D eigenvalue weighted by Crippen LogP contribution is -2.53. The minimum Gasteiger partial charge on any atom is -0.478 e. The van der Waals surface area contributed by atoms with E-state index in [4.69, 9.17) is 9.52 Å². The van der Waals surface area contributed by atoms with Gasteiger partial charge in [0.2, 0.25) is 5.91 Å². The quantitative estimate of drug-likeness (QED) is 0.823. The maximum atomic E-state index is 11.5. The van der Waals surface area contributed by atoms with E-state index < -0.39 is 5.97 Å². The van der Waals surface area contributed by atoms with Gasteiger partial charge in [-0.15, -0.1) is 0 Å². The van der Waals surface area contributed by atoms with Crippen molar-refractivity contribution in [2.24, 2.45) is 0 Å². The van der Waals surface area contributed by atoms with Crippen molar-refractivity contribution in [2.75, 3.05) is 13.1 Å². The van der Waals surface area contributed by atoms with Gasteiger partial charge in [-0.25, -0.2) is 4.79 Å². The molecule has 2 heterocycles. The molecule has 0 aliphatic carbocycles. The molecule has 2 rings (SSSR count). The number of amides is 1. The van der Waals surface area contributed by atoms with Crippen LogP contribution in [0.1, 0.15) is 28.8 Å². The van der Waals surface area contributed by atoms with Crippen LogP contribution in [-0.2, 0) is 11.3 Å². The predicted octanol–water partition coefficient (Wildman–Crippen LogP) is 0.607. The van der Waals surface area contributed by atoms with Crippen molar-refractivity contribution in [1.29, 1.82) is 0 Å². The van der Waals surface area contributed by atoms with Crippen LogP contribution in [0.2, 0.25) is 0 Å². The highest BCUT2D eigenvalue weighted by atomic mass is 16.4. The number of hydrogen-bond donors (Lipinski definition) is 2. The van der Waals surface area contributed by atoms with Gasteiger partial charge in [0.1, 0.15) is 17.1 Å². The Hall–Kier alpha value is -1.82. The molecule has 1 saturated heterocycles. The highest BCUT2D eigenvalue weighted by Crippen LogP contribution is 2.18. The maximum Gasteiger partial charge on any atom is 0.339 e. The number of carboxylic acids is 1. The number of rotatable bonds is 3. The highest BCUT2D eigenvalue weighted by Gasteiger charge is 2.26. The third-order valence-electron chi connectivity index (χ3n) is 3.18. The molecule has 98 valence electrons. The van der Waals surface area contributed by atoms with Crippen LogP contribution in [0.15, 0.2) is 10.5 Å². The summed E-state index contributed by atoms with van der Waals surface area (Å²) < 4.78 is 5.41. The lowest BCUT2D eigenvalue weighted by Gasteiger charge is -2.31. The average molecular weight is 252 g/mol. The average Bonchev–Trinajstić information content (AvgIpc) is 2.66. The molecule has 1 amide bonds. The first-order chi connectivity index (χ1) is 8.49. The van der Waals surface area contributed by atoms with Crippen molar-refractivity contribution in [3.8, 4) is 0 Å². The number of nitrogens with zero attached hydrogens (tertiary/aromatic N) is 1. The van der Waals surface area contributed by atoms with Gasteiger partial charge in [0.05, 0.1) is 12.6 Å². The molecule has 0 radical (unpaired) electrons. The van der Waals surface area contributed by atoms with Gasteiger partial charge in [0.25, 0.3) is 0 Å². The second kappa shape index (κ2) is 4.81. The fourth-order valence-corrected chi connectivity index (χ4v) is 2.08. The molecule has 1 fully saturated rings. The van der Waals surface area contributed by atoms with E-state index in [1.54, 1.807) is 6.92 Å². The van der Waals surface area contributed by atoms with Crippen LogP contribution in [0.25, 0.3) is 0 Å². The lowest BCUT2D eigenvalue weighted by molar-refractivity contribution is -0.128. The first-order valence-electron chi connectivity index (χ1n) is 5.83. The van der Waals surface area contributed by atoms with E-state index in [9.17, 15) is 9.59 Å². The van der Waals surface area contributed by atoms with E-state index >= 15 is 0 Å². The van der Waals surface area contributed by atoms with Gasteiger partial charge in [0, 0.05) is 13.1 Å². The molecule has 0 spiro atoms. The van der Waals surface area contributed by atoms with Crippen molar-refractivity contribution >= 4 is 11.9 Å². The third kappa shape index (κ3) is 2.38. The standard InChI is InChI=1S/C12H16N2O4/c1-7-11(15)13-3-4-14(7)6-9-5-10(12(16)17)8(2)18-9/h5,7H,3-4,6H2,1-2H3,(H,13,15)(H,16,17). The van der Waals surface area contributed by atoms with E-state index in [0.29, 0.717) is 24.6 Å². The van der Waals surface area contributed by atoms with Crippen molar-refractivity contribution in [3.05, 3.63) is 23.2 Å². The Morgan fingerprint density at radius 2 is 2.39 bits per heavy atom. The maximum absolute atomic E-state index is 11.5. The summed E-state index contributed by atoms with van der Waals surface area (Å²) in [6.07, 6.45) is 0. The molecule has 1 atom stereocenters. The Bertz CT molecular complexity index is 480. The van der Waals surface area contributed by atoms with Gasteiger partial charge in [-0.3, -0.25) is 9.69 Å². The van der Waals surface area contributed by atoms with Crippen LogP contribution in [-0.4, -0.2) is 41.0 Å². The first kappa shape index (κ1) is 12.6. The highest BCUT2D eigenvalue weighted by molar-refractivity contribution is 5.88. The predicted molar refractivity (Wildman–Crippen MR) is 63.3 cm³/mol. The molecule has 0 aromatic carbocycles. The minimum atomic E-state index is -0.994. The normalized spacial score (nSPS) is 20.8. The molecule has 6 nitrogen and oxygen atoms in total. The second-order valence-electron chi connectivity index (χ2n) is 4.43. The summed E-state index contributed by atoms with van der Waals surface area (Å²) in [5, 5.41) is 11.7. The summed E-state index contributed by atoms with van der Waals surface area (Å²) in [5.41, 5.74) is 0.180. The van der Waals surface area contributed by atoms with Crippen molar-refractivity contribution in [3.63, 3.8) is 0 Å². The van der Waals surface area contributed by atoms with E-state index in [1.165, 1.54) is 6.07 Å². The summed E-state index contributed by atoms with van der Waals surface area (Å²) in [6, 6.07) is 1.30. The lowest BCUT2D eigenvalue weighted by atomic mass is 10.2. The number of carbonyl (C=O) groups excluding carboxylic acids is 1. The SMILES string of the molecule is Cc1oc(CN2CCNC(=O)C2C)cc1C(=O)O. The van der Waals surface area contributed by atoms with Crippen LogP contribution < -0.4 is 5.32 Å². The fourth-order valence-electron chi connectivity index (χ4n) is 2.08. The van der Waals surface area contributed by atoms with Gasteiger partial charge in [-0.05, 0) is 19.9 Å². The Morgan fingerprint density at radius 3 is 3.00 bits per heavy atom. The van der Waals surface area contributed by atoms with Crippen LogP contribution in [0.5, 0.6) is 0 Å². The van der Waals surface area contributed by atoms with E-state index in [0.717, 1.165) is 6.54 Å². The number of carboxylic acid groups (broad SMARTS) is 1. The third-order valence-corrected chi connectivity index (χ3v) is 3.18. The monoisotopic (exact) mass is 252 g/mol. The van der Waals surface area contributed by atoms with Crippen LogP contribution in [0.4, 0.5) is 0 Å². The summed E-state index contributed by atoms with van der Waals surface area (Å²) in [4.78, 5) is 24.4. The molecule has 1 unspecified atom stereocenters. The molecule has 18 heavy (non-hydrogen) atoms. The molecular weight excluding hydrogens is 236 g/mol. The Morgan fingerprint density at radius 1 is 1.67 bits per heavy atom. The molecule has 1 aliphatic rings. The van der Waals surface area contributed by atoms with Crippen molar-refractivity contribution in [1.82, 2.24) is 10.2 Å². The van der Waals surface area contributed by atoms with Crippen molar-refractivity contribution < 1.29 is 19.1 Å². The Kier molecular flexibility index (Phi) is 3.38. The molecular formula is C12H16N2O4. The van der Waals surface area contributed by atoms with Crippen LogP contribution in [0, 0.1) is 6.92 Å². The van der Waals surface area contributed by atoms with Crippen LogP contribution in [0.3, 0.4) is 0 Å². The van der Waals surface area contributed by atoms with E-state index in [-0.39, 0.29) is 17.5 Å². The molecule has 1 aromatic rings. The van der Waals surface area contributed by atoms with Gasteiger partial charge in [-0.1, -0.05) is 0 Å². The number of hydrogen-bond acceptors (Lipinski definition) is 4. The summed E-state index contributed by atoms with van der Waals surface area (Å²) in [5.74, 6) is -0.0343. The summed E-state index contributed by atoms with van der Waals surface area (Å²) in [7, 11) is 0. The number of furan rings is 1. The summed E-state index contributed by atoms with van der Waals surface area (Å²) in [6.45, 7) is 5.23. The number of nitrogens with one attached hydrogen (secondary N) is 1. The number of piperazine rings is 1. The van der Waals surface area contributed by atoms with Crippen molar-refractivity contribution in [2.45, 2.75) is 26.4 Å². The zero-order chi connectivity index (χ0) is 13.3. The zero-order valence-corrected chi connectivity index (χ0v) is 10.4. The number of aryl methyl sites for hydroxylation is 1. The molecule has 0 bridgehead atoms. The topological polar surface area (TPSA) is 82.8 Å². The van der Waals surface area contributed by atoms with Crippen LogP contribution >= 0.6 is 0 Å². The molecule has 6 heteroatoms. The fraction of sp³-hybridized carbons (Fsp3) is 0.500. The van der Waals surface area contributed by atoms with Gasteiger partial charge in [-0.2, -0.15) is 0 Å². The molecule has 0 saturated carbocycles. The van der Waals surface area contributed by atoms with E-state index in [1.807, 2.05) is 11.8 Å². The smallest absolute Gasteiger partial charge is 0.339 e. The molecule has 1 aliphatic heterocycles. The number of carbonyl (C=O) groups is 2. The zero-order valence-electron chi connectivity index (χ0n) is 10.4. The Balaban J connectivity index is 2.11. The number of aromatic carboxylic acids is 1. The minimum absolute atomic E-state index is 0.0111. The molecule has 1 aromatic heterocycles. The summed E-state index contributed by atoms with van der Waals surface area (Å²) >= 11 is 0. The van der Waals surface area contributed by atoms with Gasteiger partial charge < -0.3 is 14.8 Å². The first-order valence-corrected chi connectivity index (χ1v) is 5.83. The second-order valence-corrected chi connectivity index (χ2v) is 4.43. The van der Waals surface area contributed by atoms with E-state index in [2.05, 4.69) is 5.32 Å². The largest absolute Gasteiger partial charge is 0.478 e. The van der Waals surface area contributed by atoms with Gasteiger partial charge >= 0.3 is 5.97 Å². The molecule has 2 N–H and O–H groups in total. The van der Waals surface area contributed by atoms with Gasteiger partial charge in [0.15, 0.2) is 0 Å².